The van der Waals surface area contributed by atoms with Crippen LogP contribution in [0, 0.1) is 0 Å². The molecule has 1 aliphatic heterocycles. The maximum Gasteiger partial charge on any atom is 0.227 e. The summed E-state index contributed by atoms with van der Waals surface area (Å²) in [5.41, 5.74) is 1.79. The van der Waals surface area contributed by atoms with Crippen LogP contribution in [0.4, 0.5) is 5.69 Å². The number of nitrogens with one attached hydrogen (secondary N) is 1. The number of benzene rings is 2. The maximum absolute atomic E-state index is 12.7. The molecular weight excluding hydrogens is 384 g/mol. The number of amides is 2. The van der Waals surface area contributed by atoms with Gasteiger partial charge in [-0.1, -0.05) is 18.2 Å². The summed E-state index contributed by atoms with van der Waals surface area (Å²) in [6.45, 7) is 2.90. The second kappa shape index (κ2) is 10.0. The summed E-state index contributed by atoms with van der Waals surface area (Å²) in [7, 11) is 3.18. The Morgan fingerprint density at radius 3 is 2.63 bits per heavy atom. The number of carbonyl (C=O) groups excluding carboxylic acids is 2. The van der Waals surface area contributed by atoms with Gasteiger partial charge in [0.2, 0.25) is 11.8 Å². The Morgan fingerprint density at radius 1 is 1.10 bits per heavy atom. The SMILES string of the molecule is COc1ccc(CCNC(=O)CCC(=O)N2C[C@@H](C)Oc3ccccc32)cc1OC. The van der Waals surface area contributed by atoms with Crippen molar-refractivity contribution >= 4 is 17.5 Å². The lowest BCUT2D eigenvalue weighted by atomic mass is 10.1. The Bertz CT molecular complexity index is 899. The number of methoxy groups -OCH3 is 2. The van der Waals surface area contributed by atoms with Gasteiger partial charge < -0.3 is 24.4 Å². The van der Waals surface area contributed by atoms with Crippen molar-refractivity contribution in [2.75, 3.05) is 32.2 Å². The van der Waals surface area contributed by atoms with E-state index in [0.717, 1.165) is 11.3 Å². The lowest BCUT2D eigenvalue weighted by Gasteiger charge is -2.33. The lowest BCUT2D eigenvalue weighted by molar-refractivity contribution is -0.125. The number of ether oxygens (including phenoxy) is 3. The molecule has 2 aromatic rings. The minimum atomic E-state index is -0.140. The predicted octanol–water partition coefficient (Wildman–Crippen LogP) is 2.96. The van der Waals surface area contributed by atoms with E-state index in [0.29, 0.717) is 36.8 Å². The summed E-state index contributed by atoms with van der Waals surface area (Å²) in [6.07, 6.45) is 0.884. The average Bonchev–Trinajstić information content (AvgIpc) is 2.76. The van der Waals surface area contributed by atoms with Gasteiger partial charge in [0.25, 0.3) is 0 Å². The van der Waals surface area contributed by atoms with Crippen LogP contribution in [0.2, 0.25) is 0 Å². The normalized spacial score (nSPS) is 15.0. The molecule has 0 aliphatic carbocycles. The monoisotopic (exact) mass is 412 g/mol. The highest BCUT2D eigenvalue weighted by atomic mass is 16.5. The molecule has 7 nitrogen and oxygen atoms in total. The fourth-order valence-electron chi connectivity index (χ4n) is 3.45. The standard InChI is InChI=1S/C23H28N2O5/c1-16-15-25(18-6-4-5-7-19(18)30-16)23(27)11-10-22(26)24-13-12-17-8-9-20(28-2)21(14-17)29-3/h4-9,14,16H,10-13,15H2,1-3H3,(H,24,26)/t16-/m1/s1. The van der Waals surface area contributed by atoms with E-state index < -0.39 is 0 Å². The lowest BCUT2D eigenvalue weighted by Crippen LogP contribution is -2.42. The molecule has 0 saturated carbocycles. The topological polar surface area (TPSA) is 77.1 Å². The highest BCUT2D eigenvalue weighted by Gasteiger charge is 2.27. The van der Waals surface area contributed by atoms with Crippen molar-refractivity contribution in [3.05, 3.63) is 48.0 Å². The summed E-state index contributed by atoms with van der Waals surface area (Å²) in [5, 5.41) is 2.88. The summed E-state index contributed by atoms with van der Waals surface area (Å²) in [4.78, 5) is 26.6. The molecule has 2 aromatic carbocycles. The van der Waals surface area contributed by atoms with Gasteiger partial charge in [0, 0.05) is 19.4 Å². The zero-order valence-electron chi connectivity index (χ0n) is 17.6. The van der Waals surface area contributed by atoms with Crippen molar-refractivity contribution in [2.45, 2.75) is 32.3 Å². The molecule has 0 saturated heterocycles. The first kappa shape index (κ1) is 21.5. The molecule has 1 N–H and O–H groups in total. The number of nitrogens with zero attached hydrogens (tertiary/aromatic N) is 1. The third-order valence-corrected chi connectivity index (χ3v) is 4.97. The predicted molar refractivity (Wildman–Crippen MR) is 114 cm³/mol. The van der Waals surface area contributed by atoms with Crippen molar-refractivity contribution in [1.29, 1.82) is 0 Å². The molecular formula is C23H28N2O5. The number of hydrogen-bond donors (Lipinski definition) is 1. The van der Waals surface area contributed by atoms with Crippen LogP contribution in [0.1, 0.15) is 25.3 Å². The summed E-state index contributed by atoms with van der Waals surface area (Å²) in [6, 6.07) is 13.1. The second-order valence-electron chi connectivity index (χ2n) is 7.19. The Labute approximate surface area is 176 Å². The van der Waals surface area contributed by atoms with E-state index in [2.05, 4.69) is 5.32 Å². The van der Waals surface area contributed by atoms with Gasteiger partial charge in [0.1, 0.15) is 11.9 Å². The zero-order chi connectivity index (χ0) is 21.5. The van der Waals surface area contributed by atoms with Gasteiger partial charge in [-0.05, 0) is 43.2 Å². The number of rotatable bonds is 8. The Morgan fingerprint density at radius 2 is 1.87 bits per heavy atom. The third kappa shape index (κ3) is 5.23. The quantitative estimate of drug-likeness (QED) is 0.721. The first-order valence-electron chi connectivity index (χ1n) is 10.1. The van der Waals surface area contributed by atoms with Crippen molar-refractivity contribution in [3.63, 3.8) is 0 Å². The second-order valence-corrected chi connectivity index (χ2v) is 7.19. The Hall–Kier alpha value is -3.22. The Kier molecular flexibility index (Phi) is 7.17. The van der Waals surface area contributed by atoms with Gasteiger partial charge in [-0.2, -0.15) is 0 Å². The maximum atomic E-state index is 12.7. The van der Waals surface area contributed by atoms with Crippen LogP contribution in [-0.2, 0) is 16.0 Å². The van der Waals surface area contributed by atoms with Crippen LogP contribution in [-0.4, -0.2) is 45.2 Å². The molecule has 1 heterocycles. The number of hydrogen-bond acceptors (Lipinski definition) is 5. The van der Waals surface area contributed by atoms with Crippen LogP contribution in [0.5, 0.6) is 17.2 Å². The third-order valence-electron chi connectivity index (χ3n) is 4.97. The molecule has 0 radical (unpaired) electrons. The van der Waals surface area contributed by atoms with Crippen molar-refractivity contribution in [1.82, 2.24) is 5.32 Å². The van der Waals surface area contributed by atoms with Crippen LogP contribution in [0.25, 0.3) is 0 Å². The van der Waals surface area contributed by atoms with Crippen LogP contribution in [0.3, 0.4) is 0 Å². The smallest absolute Gasteiger partial charge is 0.227 e. The molecule has 7 heteroatoms. The van der Waals surface area contributed by atoms with E-state index in [9.17, 15) is 9.59 Å². The van der Waals surface area contributed by atoms with E-state index in [4.69, 9.17) is 14.2 Å². The number of fused-ring (bicyclic) bond motifs is 1. The highest BCUT2D eigenvalue weighted by molar-refractivity contribution is 5.97. The van der Waals surface area contributed by atoms with E-state index in [1.807, 2.05) is 49.4 Å². The van der Waals surface area contributed by atoms with E-state index in [1.54, 1.807) is 19.1 Å². The number of para-hydroxylation sites is 2. The molecule has 1 aliphatic rings. The number of anilines is 1. The highest BCUT2D eigenvalue weighted by Crippen LogP contribution is 2.33. The Balaban J connectivity index is 1.47. The van der Waals surface area contributed by atoms with E-state index >= 15 is 0 Å². The van der Waals surface area contributed by atoms with Crippen molar-refractivity contribution in [3.8, 4) is 17.2 Å². The average molecular weight is 412 g/mol. The first-order chi connectivity index (χ1) is 14.5. The summed E-state index contributed by atoms with van der Waals surface area (Å²) in [5.74, 6) is 1.81. The van der Waals surface area contributed by atoms with Gasteiger partial charge in [-0.25, -0.2) is 0 Å². The van der Waals surface area contributed by atoms with Crippen molar-refractivity contribution in [2.24, 2.45) is 0 Å². The largest absolute Gasteiger partial charge is 0.493 e. The van der Waals surface area contributed by atoms with Crippen LogP contribution >= 0.6 is 0 Å². The fourth-order valence-corrected chi connectivity index (χ4v) is 3.45. The van der Waals surface area contributed by atoms with E-state index in [1.165, 1.54) is 0 Å². The van der Waals surface area contributed by atoms with Gasteiger partial charge in [0.05, 0.1) is 26.5 Å². The molecule has 1 atom stereocenters. The molecule has 30 heavy (non-hydrogen) atoms. The van der Waals surface area contributed by atoms with Crippen molar-refractivity contribution < 1.29 is 23.8 Å². The van der Waals surface area contributed by atoms with E-state index in [-0.39, 0.29) is 30.8 Å². The van der Waals surface area contributed by atoms with Gasteiger partial charge in [-0.3, -0.25) is 9.59 Å². The molecule has 2 amide bonds. The molecule has 0 aromatic heterocycles. The number of carbonyl (C=O) groups is 2. The first-order valence-corrected chi connectivity index (χ1v) is 10.1. The minimum Gasteiger partial charge on any atom is -0.493 e. The van der Waals surface area contributed by atoms with Gasteiger partial charge in [-0.15, -0.1) is 0 Å². The molecule has 0 unspecified atom stereocenters. The molecule has 0 fully saturated rings. The molecule has 0 bridgehead atoms. The molecule has 3 rings (SSSR count). The summed E-state index contributed by atoms with van der Waals surface area (Å²) < 4.78 is 16.3. The fraction of sp³-hybridized carbons (Fsp3) is 0.391. The zero-order valence-corrected chi connectivity index (χ0v) is 17.6. The summed E-state index contributed by atoms with van der Waals surface area (Å²) >= 11 is 0. The molecule has 160 valence electrons. The molecule has 0 spiro atoms. The van der Waals surface area contributed by atoms with Gasteiger partial charge >= 0.3 is 0 Å². The van der Waals surface area contributed by atoms with Crippen LogP contribution in [0.15, 0.2) is 42.5 Å². The van der Waals surface area contributed by atoms with Crippen LogP contribution < -0.4 is 24.4 Å². The minimum absolute atomic E-state index is 0.0763. The van der Waals surface area contributed by atoms with Gasteiger partial charge in [0.15, 0.2) is 11.5 Å².